The number of ether oxygens (including phenoxy) is 1. The van der Waals surface area contributed by atoms with Crippen LogP contribution in [0.4, 0.5) is 5.82 Å². The summed E-state index contributed by atoms with van der Waals surface area (Å²) in [5.41, 5.74) is 8.01. The summed E-state index contributed by atoms with van der Waals surface area (Å²) in [6.45, 7) is 6.37. The molecule has 0 amide bonds. The first-order valence-electron chi connectivity index (χ1n) is 9.55. The summed E-state index contributed by atoms with van der Waals surface area (Å²) in [4.78, 5) is 12.3. The average molecular weight is 368 g/mol. The molecule has 0 atom stereocenters. The Balaban J connectivity index is 1.62. The minimum Gasteiger partial charge on any atom is -0.491 e. The fraction of sp³-hybridized carbons (Fsp3) is 0.429. The topological polar surface area (TPSA) is 73.0 Å². The summed E-state index contributed by atoms with van der Waals surface area (Å²) >= 11 is 0. The van der Waals surface area contributed by atoms with Gasteiger partial charge in [-0.1, -0.05) is 17.3 Å². The number of anilines is 1. The Morgan fingerprint density at radius 1 is 1.15 bits per heavy atom. The van der Waals surface area contributed by atoms with Gasteiger partial charge in [-0.2, -0.15) is 0 Å². The highest BCUT2D eigenvalue weighted by Crippen LogP contribution is 2.21. The van der Waals surface area contributed by atoms with Crippen LogP contribution in [0, 0.1) is 0 Å². The predicted molar refractivity (Wildman–Crippen MR) is 108 cm³/mol. The van der Waals surface area contributed by atoms with Crippen molar-refractivity contribution in [2.24, 2.45) is 10.9 Å². The molecule has 6 nitrogen and oxygen atoms in total. The van der Waals surface area contributed by atoms with Gasteiger partial charge in [-0.15, -0.1) is 0 Å². The van der Waals surface area contributed by atoms with Gasteiger partial charge in [-0.05, 0) is 62.9 Å². The quantitative estimate of drug-likeness (QED) is 0.458. The minimum absolute atomic E-state index is 0.157. The summed E-state index contributed by atoms with van der Waals surface area (Å²) in [5.74, 6) is 2.08. The molecule has 1 fully saturated rings. The summed E-state index contributed by atoms with van der Waals surface area (Å²) in [6, 6.07) is 11.6. The zero-order chi connectivity index (χ0) is 19.1. The number of piperidine rings is 1. The number of nitrogens with zero attached hydrogens (tertiary/aromatic N) is 3. The van der Waals surface area contributed by atoms with Crippen LogP contribution in [-0.4, -0.2) is 30.0 Å². The van der Waals surface area contributed by atoms with E-state index in [4.69, 9.17) is 15.3 Å². The van der Waals surface area contributed by atoms with Crippen molar-refractivity contribution < 1.29 is 9.57 Å². The monoisotopic (exact) mass is 368 g/mol. The number of amidine groups is 1. The molecule has 1 saturated heterocycles. The molecular weight excluding hydrogens is 340 g/mol. The third kappa shape index (κ3) is 5.36. The highest BCUT2D eigenvalue weighted by atomic mass is 16.6. The second-order valence-electron chi connectivity index (χ2n) is 6.98. The number of hydrogen-bond donors (Lipinski definition) is 1. The van der Waals surface area contributed by atoms with E-state index in [-0.39, 0.29) is 6.10 Å². The molecule has 1 aliphatic heterocycles. The summed E-state index contributed by atoms with van der Waals surface area (Å²) in [6.07, 6.45) is 5.58. The van der Waals surface area contributed by atoms with E-state index < -0.39 is 0 Å². The fourth-order valence-electron chi connectivity index (χ4n) is 3.12. The van der Waals surface area contributed by atoms with Crippen molar-refractivity contribution in [3.05, 3.63) is 53.7 Å². The van der Waals surface area contributed by atoms with Gasteiger partial charge >= 0.3 is 0 Å². The van der Waals surface area contributed by atoms with Crippen molar-refractivity contribution in [3.63, 3.8) is 0 Å². The largest absolute Gasteiger partial charge is 0.491 e. The third-order valence-corrected chi connectivity index (χ3v) is 4.41. The number of hydrogen-bond acceptors (Lipinski definition) is 5. The van der Waals surface area contributed by atoms with Crippen LogP contribution >= 0.6 is 0 Å². The van der Waals surface area contributed by atoms with Crippen molar-refractivity contribution in [2.75, 3.05) is 18.0 Å². The minimum atomic E-state index is 0.157. The first kappa shape index (κ1) is 19.0. The summed E-state index contributed by atoms with van der Waals surface area (Å²) in [7, 11) is 0. The van der Waals surface area contributed by atoms with Gasteiger partial charge in [0.25, 0.3) is 0 Å². The van der Waals surface area contributed by atoms with Crippen LogP contribution in [0.2, 0.25) is 0 Å². The van der Waals surface area contributed by atoms with Gasteiger partial charge in [0.05, 0.1) is 11.7 Å². The summed E-state index contributed by atoms with van der Waals surface area (Å²) < 4.78 is 5.64. The number of aromatic nitrogens is 1. The maximum Gasteiger partial charge on any atom is 0.174 e. The Kier molecular flexibility index (Phi) is 6.52. The highest BCUT2D eigenvalue weighted by Gasteiger charge is 2.17. The molecular formula is C21H28N4O2. The van der Waals surface area contributed by atoms with Crippen molar-refractivity contribution >= 4 is 11.7 Å². The van der Waals surface area contributed by atoms with Crippen LogP contribution in [0.3, 0.4) is 0 Å². The van der Waals surface area contributed by atoms with Crippen LogP contribution in [0.1, 0.15) is 44.2 Å². The van der Waals surface area contributed by atoms with Crippen molar-refractivity contribution in [1.29, 1.82) is 0 Å². The van der Waals surface area contributed by atoms with Gasteiger partial charge in [0.1, 0.15) is 18.2 Å². The molecule has 0 unspecified atom stereocenters. The van der Waals surface area contributed by atoms with E-state index in [1.165, 1.54) is 19.3 Å². The second kappa shape index (κ2) is 9.26. The van der Waals surface area contributed by atoms with E-state index in [1.807, 2.05) is 50.2 Å². The Morgan fingerprint density at radius 3 is 2.59 bits per heavy atom. The van der Waals surface area contributed by atoms with Crippen LogP contribution in [0.15, 0.2) is 47.8 Å². The average Bonchev–Trinajstić information content (AvgIpc) is 2.69. The maximum atomic E-state index is 6.18. The highest BCUT2D eigenvalue weighted by molar-refractivity contribution is 6.01. The van der Waals surface area contributed by atoms with Crippen molar-refractivity contribution in [3.8, 4) is 5.75 Å². The van der Waals surface area contributed by atoms with E-state index in [2.05, 4.69) is 15.0 Å². The lowest BCUT2D eigenvalue weighted by molar-refractivity contribution is 0.130. The number of rotatable bonds is 7. The molecule has 0 spiro atoms. The van der Waals surface area contributed by atoms with Gasteiger partial charge in [0.2, 0.25) is 0 Å². The van der Waals surface area contributed by atoms with Crippen molar-refractivity contribution in [1.82, 2.24) is 4.98 Å². The van der Waals surface area contributed by atoms with Crippen LogP contribution in [0.5, 0.6) is 5.75 Å². The van der Waals surface area contributed by atoms with E-state index in [9.17, 15) is 0 Å². The molecule has 1 aliphatic rings. The molecule has 27 heavy (non-hydrogen) atoms. The first-order valence-corrected chi connectivity index (χ1v) is 9.55. The third-order valence-electron chi connectivity index (χ3n) is 4.41. The second-order valence-corrected chi connectivity index (χ2v) is 6.98. The van der Waals surface area contributed by atoms with Gasteiger partial charge in [-0.25, -0.2) is 4.98 Å². The Labute approximate surface area is 161 Å². The van der Waals surface area contributed by atoms with Crippen molar-refractivity contribution in [2.45, 2.75) is 45.8 Å². The molecule has 1 aromatic carbocycles. The SMILES string of the molecule is CC(C)Oc1ccc(CO/N=C(/N)c2cccnc2N2CCCCC2)cc1. The molecule has 0 radical (unpaired) electrons. The smallest absolute Gasteiger partial charge is 0.174 e. The Hall–Kier alpha value is -2.76. The Bertz CT molecular complexity index is 753. The first-order chi connectivity index (χ1) is 13.1. The molecule has 1 aromatic heterocycles. The summed E-state index contributed by atoms with van der Waals surface area (Å²) in [5, 5.41) is 4.11. The lowest BCUT2D eigenvalue weighted by atomic mass is 10.1. The molecule has 2 aromatic rings. The molecule has 2 heterocycles. The molecule has 0 aliphatic carbocycles. The van der Waals surface area contributed by atoms with Gasteiger partial charge in [0.15, 0.2) is 5.84 Å². The lowest BCUT2D eigenvalue weighted by Crippen LogP contribution is -2.32. The number of nitrogens with two attached hydrogens (primary N) is 1. The fourth-order valence-corrected chi connectivity index (χ4v) is 3.12. The van der Waals surface area contributed by atoms with Crippen LogP contribution < -0.4 is 15.4 Å². The van der Waals surface area contributed by atoms with Gasteiger partial charge in [0, 0.05) is 19.3 Å². The zero-order valence-corrected chi connectivity index (χ0v) is 16.1. The normalized spacial score (nSPS) is 15.1. The lowest BCUT2D eigenvalue weighted by Gasteiger charge is -2.29. The molecule has 144 valence electrons. The molecule has 0 saturated carbocycles. The maximum absolute atomic E-state index is 6.18. The van der Waals surface area contributed by atoms with Gasteiger partial charge < -0.3 is 20.2 Å². The molecule has 3 rings (SSSR count). The molecule has 0 bridgehead atoms. The molecule has 2 N–H and O–H groups in total. The number of benzene rings is 1. The van der Waals surface area contributed by atoms with E-state index in [0.717, 1.165) is 35.8 Å². The number of pyridine rings is 1. The van der Waals surface area contributed by atoms with E-state index in [1.54, 1.807) is 6.20 Å². The van der Waals surface area contributed by atoms with Crippen LogP contribution in [0.25, 0.3) is 0 Å². The van der Waals surface area contributed by atoms with E-state index in [0.29, 0.717) is 12.4 Å². The van der Waals surface area contributed by atoms with Gasteiger partial charge in [-0.3, -0.25) is 0 Å². The molecule has 6 heteroatoms. The standard InChI is InChI=1S/C21H28N4O2/c1-16(2)27-18-10-8-17(9-11-18)15-26-24-20(22)19-7-6-12-23-21(19)25-13-4-3-5-14-25/h6-12,16H,3-5,13-15H2,1-2H3,(H2,22,24). The van der Waals surface area contributed by atoms with Crippen LogP contribution in [-0.2, 0) is 11.4 Å². The van der Waals surface area contributed by atoms with E-state index >= 15 is 0 Å². The zero-order valence-electron chi connectivity index (χ0n) is 16.1. The predicted octanol–water partition coefficient (Wildman–Crippen LogP) is 3.70. The Morgan fingerprint density at radius 2 is 1.89 bits per heavy atom. The number of oxime groups is 1.